The molecule has 1 aromatic carbocycles. The van der Waals surface area contributed by atoms with Crippen molar-refractivity contribution in [2.24, 2.45) is 5.92 Å². The van der Waals surface area contributed by atoms with E-state index in [2.05, 4.69) is 0 Å². The first kappa shape index (κ1) is 14.8. The van der Waals surface area contributed by atoms with Crippen LogP contribution in [0, 0.1) is 5.92 Å². The van der Waals surface area contributed by atoms with E-state index in [0.717, 1.165) is 12.5 Å². The molecule has 1 unspecified atom stereocenters. The van der Waals surface area contributed by atoms with Crippen LogP contribution in [0.3, 0.4) is 0 Å². The molecule has 0 aromatic heterocycles. The van der Waals surface area contributed by atoms with E-state index in [1.165, 1.54) is 23.5 Å². The molecule has 1 N–H and O–H groups in total. The summed E-state index contributed by atoms with van der Waals surface area (Å²) >= 11 is 0. The van der Waals surface area contributed by atoms with Gasteiger partial charge >= 0.3 is 5.97 Å². The van der Waals surface area contributed by atoms with Gasteiger partial charge in [-0.15, -0.1) is 0 Å². The van der Waals surface area contributed by atoms with E-state index >= 15 is 0 Å². The van der Waals surface area contributed by atoms with Crippen molar-refractivity contribution >= 4 is 16.0 Å². The lowest BCUT2D eigenvalue weighted by molar-refractivity contribution is 0.0696. The number of ether oxygens (including phenoxy) is 1. The Bertz CT molecular complexity index is 626. The summed E-state index contributed by atoms with van der Waals surface area (Å²) in [6.07, 6.45) is 0.806. The number of sulfonamides is 1. The average molecular weight is 299 g/mol. The van der Waals surface area contributed by atoms with Gasteiger partial charge in [0.25, 0.3) is 0 Å². The van der Waals surface area contributed by atoms with Gasteiger partial charge in [-0.2, -0.15) is 4.31 Å². The van der Waals surface area contributed by atoms with Crippen LogP contribution in [-0.4, -0.2) is 44.0 Å². The molecule has 1 atom stereocenters. The lowest BCUT2D eigenvalue weighted by Crippen LogP contribution is -2.29. The molecule has 0 bridgehead atoms. The number of carboxylic acids is 1. The summed E-state index contributed by atoms with van der Waals surface area (Å²) < 4.78 is 31.6. The van der Waals surface area contributed by atoms with Gasteiger partial charge in [0, 0.05) is 13.1 Å². The summed E-state index contributed by atoms with van der Waals surface area (Å²) in [5, 5.41) is 9.00. The highest BCUT2D eigenvalue weighted by atomic mass is 32.2. The van der Waals surface area contributed by atoms with Gasteiger partial charge in [-0.3, -0.25) is 0 Å². The van der Waals surface area contributed by atoms with Gasteiger partial charge in [-0.25, -0.2) is 13.2 Å². The van der Waals surface area contributed by atoms with Crippen molar-refractivity contribution in [1.82, 2.24) is 4.31 Å². The van der Waals surface area contributed by atoms with Crippen LogP contribution in [-0.2, 0) is 10.0 Å². The Balaban J connectivity index is 2.49. The van der Waals surface area contributed by atoms with Crippen LogP contribution >= 0.6 is 0 Å². The van der Waals surface area contributed by atoms with E-state index in [9.17, 15) is 13.2 Å². The molecule has 1 aliphatic rings. The van der Waals surface area contributed by atoms with Crippen molar-refractivity contribution in [1.29, 1.82) is 0 Å². The topological polar surface area (TPSA) is 83.9 Å². The molecule has 0 spiro atoms. The van der Waals surface area contributed by atoms with Crippen LogP contribution in [0.1, 0.15) is 23.7 Å². The molecule has 0 radical (unpaired) electrons. The zero-order chi connectivity index (χ0) is 14.9. The highest BCUT2D eigenvalue weighted by molar-refractivity contribution is 7.89. The zero-order valence-electron chi connectivity index (χ0n) is 11.4. The number of carbonyl (C=O) groups is 1. The second-order valence-electron chi connectivity index (χ2n) is 4.93. The molecule has 0 amide bonds. The molecule has 1 fully saturated rings. The predicted molar refractivity (Wildman–Crippen MR) is 72.5 cm³/mol. The van der Waals surface area contributed by atoms with Gasteiger partial charge in [0.2, 0.25) is 10.0 Å². The second kappa shape index (κ2) is 5.41. The molecule has 110 valence electrons. The van der Waals surface area contributed by atoms with E-state index in [-0.39, 0.29) is 16.2 Å². The monoisotopic (exact) mass is 299 g/mol. The normalized spacial score (nSPS) is 20.0. The highest BCUT2D eigenvalue weighted by Gasteiger charge is 2.33. The first-order chi connectivity index (χ1) is 9.36. The zero-order valence-corrected chi connectivity index (χ0v) is 12.2. The average Bonchev–Trinajstić information content (AvgIpc) is 2.85. The van der Waals surface area contributed by atoms with Crippen LogP contribution in [0.2, 0.25) is 0 Å². The standard InChI is InChI=1S/C13H17NO5S/c1-9-5-6-14(8-9)20(17,18)12-7-10(13(15)16)3-4-11(12)19-2/h3-4,7,9H,5-6,8H2,1-2H3,(H,15,16). The van der Waals surface area contributed by atoms with E-state index in [4.69, 9.17) is 9.84 Å². The first-order valence-corrected chi connectivity index (χ1v) is 7.71. The van der Waals surface area contributed by atoms with E-state index in [1.54, 1.807) is 0 Å². The Morgan fingerprint density at radius 2 is 2.15 bits per heavy atom. The van der Waals surface area contributed by atoms with Gasteiger partial charge in [0.1, 0.15) is 10.6 Å². The van der Waals surface area contributed by atoms with Gasteiger partial charge in [0.15, 0.2) is 0 Å². The number of nitrogens with zero attached hydrogens (tertiary/aromatic N) is 1. The minimum absolute atomic E-state index is 0.0726. The van der Waals surface area contributed by atoms with Crippen LogP contribution < -0.4 is 4.74 Å². The van der Waals surface area contributed by atoms with Crippen LogP contribution in [0.5, 0.6) is 5.75 Å². The van der Waals surface area contributed by atoms with Crippen LogP contribution in [0.15, 0.2) is 23.1 Å². The predicted octanol–water partition coefficient (Wildman–Crippen LogP) is 1.42. The summed E-state index contributed by atoms with van der Waals surface area (Å²) in [5.41, 5.74) is -0.0726. The SMILES string of the molecule is COc1ccc(C(=O)O)cc1S(=O)(=O)N1CCC(C)C1. The summed E-state index contributed by atoms with van der Waals surface area (Å²) in [4.78, 5) is 10.9. The van der Waals surface area contributed by atoms with Crippen molar-refractivity contribution < 1.29 is 23.1 Å². The van der Waals surface area contributed by atoms with Crippen LogP contribution in [0.4, 0.5) is 0 Å². The third kappa shape index (κ3) is 2.64. The molecule has 1 aromatic rings. The third-order valence-electron chi connectivity index (χ3n) is 3.42. The Morgan fingerprint density at radius 1 is 1.45 bits per heavy atom. The fraction of sp³-hybridized carbons (Fsp3) is 0.462. The van der Waals surface area contributed by atoms with Crippen molar-refractivity contribution in [3.05, 3.63) is 23.8 Å². The molecular formula is C13H17NO5S. The molecule has 1 heterocycles. The number of hydrogen-bond donors (Lipinski definition) is 1. The quantitative estimate of drug-likeness (QED) is 0.909. The van der Waals surface area contributed by atoms with Gasteiger partial charge in [0.05, 0.1) is 12.7 Å². The highest BCUT2D eigenvalue weighted by Crippen LogP contribution is 2.30. The van der Waals surface area contributed by atoms with Crippen molar-refractivity contribution in [2.45, 2.75) is 18.2 Å². The van der Waals surface area contributed by atoms with Crippen molar-refractivity contribution in [3.63, 3.8) is 0 Å². The number of aromatic carboxylic acids is 1. The molecule has 1 aliphatic heterocycles. The van der Waals surface area contributed by atoms with E-state index < -0.39 is 16.0 Å². The Hall–Kier alpha value is -1.60. The molecule has 0 aliphatic carbocycles. The number of methoxy groups -OCH3 is 1. The molecule has 1 saturated heterocycles. The number of carboxylic acid groups (broad SMARTS) is 1. The smallest absolute Gasteiger partial charge is 0.335 e. The molecule has 6 nitrogen and oxygen atoms in total. The molecular weight excluding hydrogens is 282 g/mol. The maximum absolute atomic E-state index is 12.6. The minimum Gasteiger partial charge on any atom is -0.495 e. The van der Waals surface area contributed by atoms with Gasteiger partial charge in [-0.05, 0) is 30.5 Å². The minimum atomic E-state index is -3.73. The number of rotatable bonds is 4. The maximum Gasteiger partial charge on any atom is 0.335 e. The van der Waals surface area contributed by atoms with Gasteiger partial charge in [-0.1, -0.05) is 6.92 Å². The van der Waals surface area contributed by atoms with E-state index in [0.29, 0.717) is 19.0 Å². The summed E-state index contributed by atoms with van der Waals surface area (Å²) in [5.74, 6) is -0.702. The first-order valence-electron chi connectivity index (χ1n) is 6.27. The number of hydrogen-bond acceptors (Lipinski definition) is 4. The Labute approximate surface area is 118 Å². The lowest BCUT2D eigenvalue weighted by atomic mass is 10.2. The summed E-state index contributed by atoms with van der Waals surface area (Å²) in [6.45, 7) is 2.88. The Morgan fingerprint density at radius 3 is 2.65 bits per heavy atom. The second-order valence-corrected chi connectivity index (χ2v) is 6.83. The summed E-state index contributed by atoms with van der Waals surface area (Å²) in [7, 11) is -2.36. The van der Waals surface area contributed by atoms with Crippen molar-refractivity contribution in [2.75, 3.05) is 20.2 Å². The van der Waals surface area contributed by atoms with Crippen LogP contribution in [0.25, 0.3) is 0 Å². The maximum atomic E-state index is 12.6. The summed E-state index contributed by atoms with van der Waals surface area (Å²) in [6, 6.07) is 3.85. The van der Waals surface area contributed by atoms with Gasteiger partial charge < -0.3 is 9.84 Å². The fourth-order valence-electron chi connectivity index (χ4n) is 2.26. The molecule has 0 saturated carbocycles. The lowest BCUT2D eigenvalue weighted by Gasteiger charge is -2.18. The molecule has 2 rings (SSSR count). The Kier molecular flexibility index (Phi) is 4.01. The van der Waals surface area contributed by atoms with Crippen molar-refractivity contribution in [3.8, 4) is 5.75 Å². The fourth-order valence-corrected chi connectivity index (χ4v) is 4.02. The largest absolute Gasteiger partial charge is 0.495 e. The molecule has 20 heavy (non-hydrogen) atoms. The van der Waals surface area contributed by atoms with E-state index in [1.807, 2.05) is 6.92 Å². The molecule has 7 heteroatoms. The number of benzene rings is 1. The third-order valence-corrected chi connectivity index (χ3v) is 5.30.